The molecule has 2 rings (SSSR count). The Kier molecular flexibility index (Phi) is 4.99. The van der Waals surface area contributed by atoms with Gasteiger partial charge in [-0.2, -0.15) is 0 Å². The summed E-state index contributed by atoms with van der Waals surface area (Å²) in [7, 11) is 0. The summed E-state index contributed by atoms with van der Waals surface area (Å²) in [5.74, 6) is -0.254. The summed E-state index contributed by atoms with van der Waals surface area (Å²) in [6, 6.07) is 14.1. The third-order valence-electron chi connectivity index (χ3n) is 3.34. The standard InChI is InChI=1S/C16H18ClFN2/c1-2-20(13-7-5-6-12(18)10-13)16(11-19)14-8-3-4-9-15(14)17/h3-10,16H,2,11,19H2,1H3. The van der Waals surface area contributed by atoms with Crippen molar-refractivity contribution in [1.29, 1.82) is 0 Å². The number of nitrogens with zero attached hydrogens (tertiary/aromatic N) is 1. The van der Waals surface area contributed by atoms with E-state index in [1.807, 2.05) is 37.3 Å². The van der Waals surface area contributed by atoms with Gasteiger partial charge >= 0.3 is 0 Å². The van der Waals surface area contributed by atoms with Gasteiger partial charge in [0.25, 0.3) is 0 Å². The summed E-state index contributed by atoms with van der Waals surface area (Å²) in [6.45, 7) is 3.15. The summed E-state index contributed by atoms with van der Waals surface area (Å²) in [6.07, 6.45) is 0. The van der Waals surface area contributed by atoms with E-state index in [9.17, 15) is 4.39 Å². The van der Waals surface area contributed by atoms with Crippen LogP contribution in [0.25, 0.3) is 0 Å². The average molecular weight is 293 g/mol. The van der Waals surface area contributed by atoms with Crippen molar-refractivity contribution in [3.8, 4) is 0 Å². The predicted molar refractivity (Wildman–Crippen MR) is 82.7 cm³/mol. The summed E-state index contributed by atoms with van der Waals surface area (Å²) in [4.78, 5) is 2.06. The number of halogens is 2. The van der Waals surface area contributed by atoms with E-state index in [1.54, 1.807) is 6.07 Å². The van der Waals surface area contributed by atoms with E-state index in [1.165, 1.54) is 12.1 Å². The van der Waals surface area contributed by atoms with Gasteiger partial charge in [-0.1, -0.05) is 35.9 Å². The van der Waals surface area contributed by atoms with Crippen molar-refractivity contribution < 1.29 is 4.39 Å². The van der Waals surface area contributed by atoms with Crippen LogP contribution in [0.1, 0.15) is 18.5 Å². The number of hydrogen-bond acceptors (Lipinski definition) is 2. The highest BCUT2D eigenvalue weighted by atomic mass is 35.5. The Labute approximate surface area is 124 Å². The Bertz CT molecular complexity index is 574. The second kappa shape index (κ2) is 6.73. The molecule has 0 fully saturated rings. The SMILES string of the molecule is CCN(c1cccc(F)c1)C(CN)c1ccccc1Cl. The molecule has 0 aliphatic carbocycles. The molecule has 4 heteroatoms. The minimum atomic E-state index is -0.254. The van der Waals surface area contributed by atoms with Gasteiger partial charge in [-0.15, -0.1) is 0 Å². The molecule has 20 heavy (non-hydrogen) atoms. The van der Waals surface area contributed by atoms with Crippen LogP contribution in [-0.4, -0.2) is 13.1 Å². The molecule has 2 N–H and O–H groups in total. The minimum absolute atomic E-state index is 0.0736. The Balaban J connectivity index is 2.40. The Morgan fingerprint density at radius 2 is 1.95 bits per heavy atom. The van der Waals surface area contributed by atoms with E-state index in [0.29, 0.717) is 11.6 Å². The molecule has 0 bridgehead atoms. The lowest BCUT2D eigenvalue weighted by molar-refractivity contribution is 0.616. The number of nitrogens with two attached hydrogens (primary N) is 1. The highest BCUT2D eigenvalue weighted by molar-refractivity contribution is 6.31. The van der Waals surface area contributed by atoms with Crippen molar-refractivity contribution in [2.45, 2.75) is 13.0 Å². The Morgan fingerprint density at radius 3 is 2.55 bits per heavy atom. The first-order valence-corrected chi connectivity index (χ1v) is 7.01. The minimum Gasteiger partial charge on any atom is -0.363 e. The molecule has 0 saturated heterocycles. The summed E-state index contributed by atoms with van der Waals surface area (Å²) in [5.41, 5.74) is 7.70. The van der Waals surface area contributed by atoms with Crippen LogP contribution in [0.3, 0.4) is 0 Å². The normalized spacial score (nSPS) is 12.2. The fourth-order valence-electron chi connectivity index (χ4n) is 2.41. The maximum atomic E-state index is 13.4. The van der Waals surface area contributed by atoms with Crippen molar-refractivity contribution in [3.05, 3.63) is 64.9 Å². The number of likely N-dealkylation sites (N-methyl/N-ethyl adjacent to an activating group) is 1. The first-order valence-electron chi connectivity index (χ1n) is 6.64. The molecule has 0 aliphatic rings. The van der Waals surface area contributed by atoms with Crippen LogP contribution >= 0.6 is 11.6 Å². The van der Waals surface area contributed by atoms with E-state index in [-0.39, 0.29) is 11.9 Å². The zero-order chi connectivity index (χ0) is 14.5. The molecule has 106 valence electrons. The number of rotatable bonds is 5. The van der Waals surface area contributed by atoms with Crippen molar-refractivity contribution in [2.24, 2.45) is 5.73 Å². The lowest BCUT2D eigenvalue weighted by Crippen LogP contribution is -2.34. The maximum Gasteiger partial charge on any atom is 0.125 e. The topological polar surface area (TPSA) is 29.3 Å². The van der Waals surface area contributed by atoms with Gasteiger partial charge in [-0.25, -0.2) is 4.39 Å². The van der Waals surface area contributed by atoms with Crippen LogP contribution in [0.5, 0.6) is 0 Å². The molecule has 2 nitrogen and oxygen atoms in total. The second-order valence-corrected chi connectivity index (χ2v) is 4.95. The Hall–Kier alpha value is -1.58. The highest BCUT2D eigenvalue weighted by Crippen LogP contribution is 2.30. The van der Waals surface area contributed by atoms with Gasteiger partial charge < -0.3 is 10.6 Å². The smallest absolute Gasteiger partial charge is 0.125 e. The molecule has 2 aromatic carbocycles. The van der Waals surface area contributed by atoms with E-state index in [0.717, 1.165) is 17.8 Å². The van der Waals surface area contributed by atoms with Gasteiger partial charge in [0.1, 0.15) is 5.82 Å². The zero-order valence-corrected chi connectivity index (χ0v) is 12.1. The van der Waals surface area contributed by atoms with Crippen LogP contribution in [0.2, 0.25) is 5.02 Å². The molecule has 0 radical (unpaired) electrons. The Morgan fingerprint density at radius 1 is 1.20 bits per heavy atom. The zero-order valence-electron chi connectivity index (χ0n) is 11.4. The molecule has 2 aromatic rings. The van der Waals surface area contributed by atoms with E-state index >= 15 is 0 Å². The number of hydrogen-bond donors (Lipinski definition) is 1. The van der Waals surface area contributed by atoms with Crippen LogP contribution in [0.4, 0.5) is 10.1 Å². The quantitative estimate of drug-likeness (QED) is 0.902. The van der Waals surface area contributed by atoms with Crippen LogP contribution in [-0.2, 0) is 0 Å². The first-order chi connectivity index (χ1) is 9.67. The van der Waals surface area contributed by atoms with Gasteiger partial charge in [-0.05, 0) is 36.8 Å². The molecular formula is C16H18ClFN2. The molecule has 1 unspecified atom stereocenters. The average Bonchev–Trinajstić information content (AvgIpc) is 2.45. The van der Waals surface area contributed by atoms with Crippen LogP contribution in [0.15, 0.2) is 48.5 Å². The van der Waals surface area contributed by atoms with Crippen LogP contribution in [0, 0.1) is 5.82 Å². The largest absolute Gasteiger partial charge is 0.363 e. The van der Waals surface area contributed by atoms with Gasteiger partial charge in [0.15, 0.2) is 0 Å². The van der Waals surface area contributed by atoms with Crippen molar-refractivity contribution in [1.82, 2.24) is 0 Å². The molecule has 0 saturated carbocycles. The monoisotopic (exact) mass is 292 g/mol. The van der Waals surface area contributed by atoms with Crippen molar-refractivity contribution in [3.63, 3.8) is 0 Å². The fourth-order valence-corrected chi connectivity index (χ4v) is 2.67. The lowest BCUT2D eigenvalue weighted by atomic mass is 10.0. The van der Waals surface area contributed by atoms with Crippen molar-refractivity contribution in [2.75, 3.05) is 18.0 Å². The van der Waals surface area contributed by atoms with Gasteiger partial charge in [0, 0.05) is 23.8 Å². The third-order valence-corrected chi connectivity index (χ3v) is 3.69. The molecule has 0 amide bonds. The first kappa shape index (κ1) is 14.8. The van der Waals surface area contributed by atoms with E-state index in [4.69, 9.17) is 17.3 Å². The third kappa shape index (κ3) is 3.11. The molecular weight excluding hydrogens is 275 g/mol. The second-order valence-electron chi connectivity index (χ2n) is 4.54. The van der Waals surface area contributed by atoms with E-state index < -0.39 is 0 Å². The summed E-state index contributed by atoms with van der Waals surface area (Å²) in [5, 5.41) is 0.679. The molecule has 0 heterocycles. The van der Waals surface area contributed by atoms with Crippen molar-refractivity contribution >= 4 is 17.3 Å². The predicted octanol–water partition coefficient (Wildman–Crippen LogP) is 4.01. The molecule has 0 spiro atoms. The fraction of sp³-hybridized carbons (Fsp3) is 0.250. The molecule has 0 aliphatic heterocycles. The van der Waals surface area contributed by atoms with Gasteiger partial charge in [0.05, 0.1) is 6.04 Å². The van der Waals surface area contributed by atoms with Gasteiger partial charge in [-0.3, -0.25) is 0 Å². The lowest BCUT2D eigenvalue weighted by Gasteiger charge is -2.33. The summed E-state index contributed by atoms with van der Waals surface area (Å²) < 4.78 is 13.4. The summed E-state index contributed by atoms with van der Waals surface area (Å²) >= 11 is 6.26. The maximum absolute atomic E-state index is 13.4. The number of anilines is 1. The van der Waals surface area contributed by atoms with E-state index in [2.05, 4.69) is 4.90 Å². The van der Waals surface area contributed by atoms with Crippen LogP contribution < -0.4 is 10.6 Å². The highest BCUT2D eigenvalue weighted by Gasteiger charge is 2.20. The van der Waals surface area contributed by atoms with Gasteiger partial charge in [0.2, 0.25) is 0 Å². The number of benzene rings is 2. The molecule has 1 atom stereocenters. The molecule has 0 aromatic heterocycles.